The van der Waals surface area contributed by atoms with Crippen LogP contribution < -0.4 is 16.0 Å². The van der Waals surface area contributed by atoms with Crippen molar-refractivity contribution in [3.8, 4) is 0 Å². The van der Waals surface area contributed by atoms with Crippen molar-refractivity contribution in [2.45, 2.75) is 20.3 Å². The normalized spacial score (nSPS) is 10.1. The molecule has 24 heavy (non-hydrogen) atoms. The molecule has 0 aliphatic rings. The zero-order valence-electron chi connectivity index (χ0n) is 14.3. The van der Waals surface area contributed by atoms with Crippen LogP contribution in [0.2, 0.25) is 0 Å². The second kappa shape index (κ2) is 8.15. The van der Waals surface area contributed by atoms with Crippen molar-refractivity contribution in [3.05, 3.63) is 59.2 Å². The molecule has 2 amide bonds. The molecule has 0 aromatic heterocycles. The fourth-order valence-electron chi connectivity index (χ4n) is 2.50. The molecular formula is C19H23N3O2. The third kappa shape index (κ3) is 4.35. The smallest absolute Gasteiger partial charge is 0.251 e. The molecule has 0 saturated heterocycles. The van der Waals surface area contributed by atoms with E-state index < -0.39 is 0 Å². The highest BCUT2D eigenvalue weighted by atomic mass is 16.2. The quantitative estimate of drug-likeness (QED) is 0.765. The van der Waals surface area contributed by atoms with E-state index >= 15 is 0 Å². The topological polar surface area (TPSA) is 70.2 Å². The van der Waals surface area contributed by atoms with Gasteiger partial charge in [-0.05, 0) is 48.7 Å². The van der Waals surface area contributed by atoms with E-state index in [2.05, 4.69) is 28.9 Å². The number of anilines is 2. The summed E-state index contributed by atoms with van der Waals surface area (Å²) in [6, 6.07) is 12.9. The van der Waals surface area contributed by atoms with Crippen LogP contribution in [-0.2, 0) is 11.2 Å². The van der Waals surface area contributed by atoms with Gasteiger partial charge in [0.15, 0.2) is 0 Å². The number of carbonyl (C=O) groups is 2. The second-order valence-corrected chi connectivity index (χ2v) is 5.52. The lowest BCUT2D eigenvalue weighted by Crippen LogP contribution is -2.22. The van der Waals surface area contributed by atoms with Gasteiger partial charge in [0.1, 0.15) is 0 Å². The van der Waals surface area contributed by atoms with Crippen molar-refractivity contribution >= 4 is 23.2 Å². The Kier molecular flexibility index (Phi) is 5.95. The number of nitrogens with one attached hydrogen (secondary N) is 3. The molecule has 3 N–H and O–H groups in total. The zero-order valence-corrected chi connectivity index (χ0v) is 14.3. The van der Waals surface area contributed by atoms with Gasteiger partial charge in [0, 0.05) is 24.0 Å². The van der Waals surface area contributed by atoms with Gasteiger partial charge in [0.25, 0.3) is 5.91 Å². The summed E-state index contributed by atoms with van der Waals surface area (Å²) in [5.74, 6) is -0.283. The maximum Gasteiger partial charge on any atom is 0.251 e. The fraction of sp³-hybridized carbons (Fsp3) is 0.263. The van der Waals surface area contributed by atoms with Crippen molar-refractivity contribution in [2.75, 3.05) is 24.2 Å². The number of carbonyl (C=O) groups excluding carboxylic acids is 2. The van der Waals surface area contributed by atoms with Crippen molar-refractivity contribution in [1.82, 2.24) is 5.32 Å². The van der Waals surface area contributed by atoms with E-state index in [9.17, 15) is 9.59 Å². The minimum absolute atomic E-state index is 0.131. The minimum Gasteiger partial charge on any atom is -0.376 e. The monoisotopic (exact) mass is 325 g/mol. The van der Waals surface area contributed by atoms with Crippen LogP contribution in [0.15, 0.2) is 42.5 Å². The van der Waals surface area contributed by atoms with Gasteiger partial charge >= 0.3 is 0 Å². The van der Waals surface area contributed by atoms with Crippen LogP contribution in [0.5, 0.6) is 0 Å². The zero-order chi connectivity index (χ0) is 17.5. The van der Waals surface area contributed by atoms with Crippen LogP contribution in [0.4, 0.5) is 11.4 Å². The maximum atomic E-state index is 12.1. The molecule has 2 aromatic rings. The number of hydrogen-bond donors (Lipinski definition) is 3. The van der Waals surface area contributed by atoms with Gasteiger partial charge < -0.3 is 16.0 Å². The van der Waals surface area contributed by atoms with Gasteiger partial charge in [-0.15, -0.1) is 0 Å². The Morgan fingerprint density at radius 2 is 1.75 bits per heavy atom. The second-order valence-electron chi connectivity index (χ2n) is 5.52. The third-order valence-corrected chi connectivity index (χ3v) is 3.82. The molecule has 126 valence electrons. The standard InChI is InChI=1S/C19H23N3O2/c1-4-14-7-5-6-13(2)18(14)21-12-17(23)22-16-10-8-15(9-11-16)19(24)20-3/h5-11,21H,4,12H2,1-3H3,(H,20,24)(H,22,23). The molecule has 0 aliphatic heterocycles. The fourth-order valence-corrected chi connectivity index (χ4v) is 2.50. The van der Waals surface area contributed by atoms with Gasteiger partial charge in [-0.2, -0.15) is 0 Å². The van der Waals surface area contributed by atoms with Crippen molar-refractivity contribution in [2.24, 2.45) is 0 Å². The average molecular weight is 325 g/mol. The summed E-state index contributed by atoms with van der Waals surface area (Å²) < 4.78 is 0. The highest BCUT2D eigenvalue weighted by Crippen LogP contribution is 2.20. The first kappa shape index (κ1) is 17.5. The number of amides is 2. The Morgan fingerprint density at radius 3 is 2.38 bits per heavy atom. The molecule has 5 heteroatoms. The summed E-state index contributed by atoms with van der Waals surface area (Å²) in [7, 11) is 1.58. The molecule has 2 rings (SSSR count). The van der Waals surface area contributed by atoms with Crippen LogP contribution in [0, 0.1) is 6.92 Å². The summed E-state index contributed by atoms with van der Waals surface area (Å²) >= 11 is 0. The lowest BCUT2D eigenvalue weighted by Gasteiger charge is -2.14. The number of aryl methyl sites for hydroxylation is 2. The molecule has 0 heterocycles. The predicted molar refractivity (Wildman–Crippen MR) is 97.5 cm³/mol. The minimum atomic E-state index is -0.152. The van der Waals surface area contributed by atoms with E-state index in [1.165, 1.54) is 5.56 Å². The van der Waals surface area contributed by atoms with Crippen molar-refractivity contribution in [3.63, 3.8) is 0 Å². The van der Waals surface area contributed by atoms with E-state index in [4.69, 9.17) is 0 Å². The summed E-state index contributed by atoms with van der Waals surface area (Å²) in [6.45, 7) is 4.31. The van der Waals surface area contributed by atoms with E-state index in [0.29, 0.717) is 11.3 Å². The Bertz CT molecular complexity index is 724. The number of rotatable bonds is 6. The van der Waals surface area contributed by atoms with E-state index in [1.54, 1.807) is 31.3 Å². The molecule has 5 nitrogen and oxygen atoms in total. The first-order valence-corrected chi connectivity index (χ1v) is 7.99. The van der Waals surface area contributed by atoms with Crippen LogP contribution in [0.25, 0.3) is 0 Å². The van der Waals surface area contributed by atoms with Gasteiger partial charge in [0.2, 0.25) is 5.91 Å². The summed E-state index contributed by atoms with van der Waals surface area (Å²) in [4.78, 5) is 23.6. The van der Waals surface area contributed by atoms with E-state index in [0.717, 1.165) is 17.7 Å². The first-order chi connectivity index (χ1) is 11.5. The lowest BCUT2D eigenvalue weighted by molar-refractivity contribution is -0.114. The molecule has 0 unspecified atom stereocenters. The third-order valence-electron chi connectivity index (χ3n) is 3.82. The van der Waals surface area contributed by atoms with E-state index in [-0.39, 0.29) is 18.4 Å². The van der Waals surface area contributed by atoms with Gasteiger partial charge in [-0.3, -0.25) is 9.59 Å². The number of para-hydroxylation sites is 1. The predicted octanol–water partition coefficient (Wildman–Crippen LogP) is 2.97. The van der Waals surface area contributed by atoms with Crippen LogP contribution in [0.1, 0.15) is 28.4 Å². The molecule has 0 spiro atoms. The van der Waals surface area contributed by atoms with Crippen LogP contribution in [0.3, 0.4) is 0 Å². The first-order valence-electron chi connectivity index (χ1n) is 7.99. The maximum absolute atomic E-state index is 12.1. The average Bonchev–Trinajstić information content (AvgIpc) is 2.60. The molecule has 0 bridgehead atoms. The molecule has 0 saturated carbocycles. The molecule has 0 radical (unpaired) electrons. The summed E-state index contributed by atoms with van der Waals surface area (Å²) in [5.41, 5.74) is 4.55. The lowest BCUT2D eigenvalue weighted by atomic mass is 10.1. The largest absolute Gasteiger partial charge is 0.376 e. The Morgan fingerprint density at radius 1 is 1.04 bits per heavy atom. The molecule has 0 fully saturated rings. The number of benzene rings is 2. The molecule has 2 aromatic carbocycles. The molecule has 0 atom stereocenters. The van der Waals surface area contributed by atoms with Gasteiger partial charge in [-0.1, -0.05) is 25.1 Å². The van der Waals surface area contributed by atoms with Crippen LogP contribution in [-0.4, -0.2) is 25.4 Å². The van der Waals surface area contributed by atoms with Crippen LogP contribution >= 0.6 is 0 Å². The highest BCUT2D eigenvalue weighted by molar-refractivity contribution is 5.96. The summed E-state index contributed by atoms with van der Waals surface area (Å²) in [5, 5.41) is 8.59. The Balaban J connectivity index is 1.95. The Labute approximate surface area is 142 Å². The van der Waals surface area contributed by atoms with Crippen molar-refractivity contribution in [1.29, 1.82) is 0 Å². The summed E-state index contributed by atoms with van der Waals surface area (Å²) in [6.07, 6.45) is 0.909. The van der Waals surface area contributed by atoms with Gasteiger partial charge in [0.05, 0.1) is 6.54 Å². The molecular weight excluding hydrogens is 302 g/mol. The number of hydrogen-bond acceptors (Lipinski definition) is 3. The molecule has 0 aliphatic carbocycles. The Hall–Kier alpha value is -2.82. The highest BCUT2D eigenvalue weighted by Gasteiger charge is 2.08. The van der Waals surface area contributed by atoms with Gasteiger partial charge in [-0.25, -0.2) is 0 Å². The van der Waals surface area contributed by atoms with E-state index in [1.807, 2.05) is 19.1 Å². The SMILES string of the molecule is CCc1cccc(C)c1NCC(=O)Nc1ccc(C(=O)NC)cc1. The van der Waals surface area contributed by atoms with Crippen molar-refractivity contribution < 1.29 is 9.59 Å².